The normalized spacial score (nSPS) is 9.84. The minimum Gasteiger partial charge on any atom is -0.508 e. The average Bonchev–Trinajstić information content (AvgIpc) is 2.83. The number of hydrogen-bond acceptors (Lipinski definition) is 9. The number of aromatic carboxylic acids is 4. The molecule has 0 aliphatic heterocycles. The lowest BCUT2D eigenvalue weighted by Crippen LogP contribution is -2.14. The van der Waals surface area contributed by atoms with E-state index in [-0.39, 0.29) is 22.3 Å². The summed E-state index contributed by atoms with van der Waals surface area (Å²) in [5, 5.41) is 53.7. The van der Waals surface area contributed by atoms with E-state index >= 15 is 0 Å². The first-order chi connectivity index (χ1) is 17.3. The minimum absolute atomic E-state index is 0.190. The highest BCUT2D eigenvalue weighted by Crippen LogP contribution is 2.20. The van der Waals surface area contributed by atoms with Crippen LogP contribution in [0.2, 0.25) is 0 Å². The molecule has 190 valence electrons. The van der Waals surface area contributed by atoms with Gasteiger partial charge in [-0.3, -0.25) is 0 Å². The summed E-state index contributed by atoms with van der Waals surface area (Å²) < 4.78 is 4.53. The van der Waals surface area contributed by atoms with Gasteiger partial charge in [0.15, 0.2) is 0 Å². The summed E-state index contributed by atoms with van der Waals surface area (Å²) in [7, 11) is 0. The van der Waals surface area contributed by atoms with Crippen molar-refractivity contribution in [2.24, 2.45) is 0 Å². The number of carbonyl (C=O) groups is 6. The molecule has 0 unspecified atom stereocenters. The van der Waals surface area contributed by atoms with Crippen LogP contribution < -0.4 is 0 Å². The molecule has 13 nitrogen and oxygen atoms in total. The molecule has 0 bridgehead atoms. The zero-order valence-electron chi connectivity index (χ0n) is 18.3. The second-order valence-corrected chi connectivity index (χ2v) is 6.94. The maximum Gasteiger partial charge on any atom is 0.346 e. The van der Waals surface area contributed by atoms with Gasteiger partial charge < -0.3 is 35.4 Å². The topological polar surface area (TPSA) is 233 Å². The van der Waals surface area contributed by atoms with Gasteiger partial charge in [-0.2, -0.15) is 0 Å². The summed E-state index contributed by atoms with van der Waals surface area (Å²) in [6.45, 7) is 0. The van der Waals surface area contributed by atoms with Crippen molar-refractivity contribution in [1.82, 2.24) is 0 Å². The molecule has 3 aromatic rings. The lowest BCUT2D eigenvalue weighted by Gasteiger charge is -2.06. The predicted octanol–water partition coefficient (Wildman–Crippen LogP) is 2.57. The molecule has 0 aliphatic carbocycles. The lowest BCUT2D eigenvalue weighted by atomic mass is 10.1. The number of carboxylic acid groups (broad SMARTS) is 4. The number of ether oxygens (including phenoxy) is 1. The zero-order chi connectivity index (χ0) is 27.9. The van der Waals surface area contributed by atoms with E-state index in [1.807, 2.05) is 0 Å². The Morgan fingerprint density at radius 1 is 0.514 bits per heavy atom. The first kappa shape index (κ1) is 27.5. The van der Waals surface area contributed by atoms with E-state index in [9.17, 15) is 39.0 Å². The first-order valence-corrected chi connectivity index (χ1v) is 9.77. The van der Waals surface area contributed by atoms with Gasteiger partial charge in [-0.25, -0.2) is 28.8 Å². The molecule has 0 aliphatic rings. The number of benzene rings is 3. The van der Waals surface area contributed by atoms with E-state index in [0.717, 1.165) is 36.4 Å². The fraction of sp³-hybridized carbons (Fsp3) is 0. The van der Waals surface area contributed by atoms with Gasteiger partial charge in [0.2, 0.25) is 0 Å². The predicted molar refractivity (Wildman–Crippen MR) is 120 cm³/mol. The molecule has 6 N–H and O–H groups in total. The summed E-state index contributed by atoms with van der Waals surface area (Å²) >= 11 is 0. The van der Waals surface area contributed by atoms with Crippen LogP contribution in [-0.4, -0.2) is 66.5 Å². The van der Waals surface area contributed by atoms with Crippen LogP contribution in [0.25, 0.3) is 0 Å². The molecule has 0 amide bonds. The SMILES string of the molecule is O=C(O)c1cc(O)cc(C(=O)OC(=O)c2ccc(O)c(C(=O)O)c2)c1.O=C(O)c1ccccc1C(=O)O. The first-order valence-electron chi connectivity index (χ1n) is 9.77. The van der Waals surface area contributed by atoms with Crippen LogP contribution in [-0.2, 0) is 4.74 Å². The quantitative estimate of drug-likeness (QED) is 0.206. The zero-order valence-corrected chi connectivity index (χ0v) is 18.3. The van der Waals surface area contributed by atoms with E-state index < -0.39 is 58.4 Å². The summed E-state index contributed by atoms with van der Waals surface area (Å²) in [6, 6.07) is 11.0. The molecule has 3 rings (SSSR count). The Bertz CT molecular complexity index is 1390. The number of carbonyl (C=O) groups excluding carboxylic acids is 2. The van der Waals surface area contributed by atoms with E-state index in [1.165, 1.54) is 24.3 Å². The van der Waals surface area contributed by atoms with Crippen molar-refractivity contribution in [3.63, 3.8) is 0 Å². The molecule has 0 saturated heterocycles. The maximum absolute atomic E-state index is 11.9. The summed E-state index contributed by atoms with van der Waals surface area (Å²) in [4.78, 5) is 66.6. The molecule has 3 aromatic carbocycles. The Morgan fingerprint density at radius 3 is 1.49 bits per heavy atom. The van der Waals surface area contributed by atoms with Gasteiger partial charge in [0.1, 0.15) is 17.1 Å². The van der Waals surface area contributed by atoms with Crippen molar-refractivity contribution in [3.05, 3.63) is 94.0 Å². The van der Waals surface area contributed by atoms with Gasteiger partial charge in [-0.1, -0.05) is 12.1 Å². The average molecular weight is 512 g/mol. The highest BCUT2D eigenvalue weighted by atomic mass is 16.6. The molecule has 0 heterocycles. The number of carboxylic acids is 4. The van der Waals surface area contributed by atoms with E-state index in [4.69, 9.17) is 20.4 Å². The Labute approximate surface area is 206 Å². The number of rotatable bonds is 6. The molecule has 0 spiro atoms. The van der Waals surface area contributed by atoms with Gasteiger partial charge >= 0.3 is 35.8 Å². The van der Waals surface area contributed by atoms with Crippen molar-refractivity contribution in [2.45, 2.75) is 0 Å². The molecule has 13 heteroatoms. The third-order valence-electron chi connectivity index (χ3n) is 4.44. The van der Waals surface area contributed by atoms with Crippen LogP contribution in [0.1, 0.15) is 62.1 Å². The third-order valence-corrected chi connectivity index (χ3v) is 4.44. The monoisotopic (exact) mass is 512 g/mol. The molecule has 0 aromatic heterocycles. The largest absolute Gasteiger partial charge is 0.508 e. The van der Waals surface area contributed by atoms with Crippen LogP contribution in [0, 0.1) is 0 Å². The van der Waals surface area contributed by atoms with E-state index in [0.29, 0.717) is 0 Å². The van der Waals surface area contributed by atoms with Crippen molar-refractivity contribution in [1.29, 1.82) is 0 Å². The van der Waals surface area contributed by atoms with E-state index in [2.05, 4.69) is 4.74 Å². The highest BCUT2D eigenvalue weighted by Gasteiger charge is 2.20. The molecule has 0 saturated carbocycles. The van der Waals surface area contributed by atoms with Crippen molar-refractivity contribution < 1.29 is 64.1 Å². The maximum atomic E-state index is 11.9. The second kappa shape index (κ2) is 11.6. The number of esters is 2. The van der Waals surface area contributed by atoms with Crippen LogP contribution in [0.15, 0.2) is 60.7 Å². The van der Waals surface area contributed by atoms with Crippen LogP contribution in [0.5, 0.6) is 11.5 Å². The standard InChI is InChI=1S/C16H10O9.C8H6O4/c17-10-4-8(13(19)20)3-9(5-10)16(24)25-15(23)7-1-2-12(18)11(6-7)14(21)22;9-7(10)5-3-1-2-4-6(5)8(11)12/h1-6,17-18H,(H,19,20)(H,21,22);1-4H,(H,9,10)(H,11,12). The fourth-order valence-corrected chi connectivity index (χ4v) is 2.74. The van der Waals surface area contributed by atoms with E-state index in [1.54, 1.807) is 0 Å². The smallest absolute Gasteiger partial charge is 0.346 e. The Hall–Kier alpha value is -5.72. The Balaban J connectivity index is 0.000000335. The second-order valence-electron chi connectivity index (χ2n) is 6.94. The summed E-state index contributed by atoms with van der Waals surface area (Å²) in [6.07, 6.45) is 0. The molecule has 0 fully saturated rings. The van der Waals surface area contributed by atoms with Gasteiger partial charge in [0.25, 0.3) is 0 Å². The number of aromatic hydroxyl groups is 2. The number of phenolic OH excluding ortho intramolecular Hbond substituents is 1. The summed E-state index contributed by atoms with van der Waals surface area (Å²) in [5.74, 6) is -8.90. The highest BCUT2D eigenvalue weighted by molar-refractivity contribution is 6.05. The number of phenols is 2. The van der Waals surface area contributed by atoms with Crippen molar-refractivity contribution in [3.8, 4) is 11.5 Å². The Morgan fingerprint density at radius 2 is 1.00 bits per heavy atom. The van der Waals surface area contributed by atoms with Crippen LogP contribution in [0.3, 0.4) is 0 Å². The molecule has 0 radical (unpaired) electrons. The molecule has 37 heavy (non-hydrogen) atoms. The third kappa shape index (κ3) is 7.13. The molecular formula is C24H16O13. The molecule has 0 atom stereocenters. The molecular weight excluding hydrogens is 496 g/mol. The van der Waals surface area contributed by atoms with Gasteiger partial charge in [-0.05, 0) is 48.5 Å². The Kier molecular flexibility index (Phi) is 8.64. The van der Waals surface area contributed by atoms with Crippen molar-refractivity contribution >= 4 is 35.8 Å². The fourth-order valence-electron chi connectivity index (χ4n) is 2.74. The summed E-state index contributed by atoms with van der Waals surface area (Å²) in [5.41, 5.74) is -2.04. The van der Waals surface area contributed by atoms with Crippen LogP contribution >= 0.6 is 0 Å². The minimum atomic E-state index is -1.49. The van der Waals surface area contributed by atoms with Crippen LogP contribution in [0.4, 0.5) is 0 Å². The van der Waals surface area contributed by atoms with Crippen molar-refractivity contribution in [2.75, 3.05) is 0 Å². The van der Waals surface area contributed by atoms with Gasteiger partial charge in [0, 0.05) is 0 Å². The van der Waals surface area contributed by atoms with Gasteiger partial charge in [-0.15, -0.1) is 0 Å². The number of hydrogen-bond donors (Lipinski definition) is 6. The van der Waals surface area contributed by atoms with Gasteiger partial charge in [0.05, 0.1) is 27.8 Å². The lowest BCUT2D eigenvalue weighted by molar-refractivity contribution is 0.0396.